The lowest BCUT2D eigenvalue weighted by Crippen LogP contribution is -2.30. The van der Waals surface area contributed by atoms with Gasteiger partial charge in [0.2, 0.25) is 0 Å². The van der Waals surface area contributed by atoms with Crippen molar-refractivity contribution in [1.82, 2.24) is 9.55 Å². The van der Waals surface area contributed by atoms with Crippen LogP contribution >= 0.6 is 0 Å². The van der Waals surface area contributed by atoms with Gasteiger partial charge in [-0.15, -0.1) is 0 Å². The number of hydrogen-bond donors (Lipinski definition) is 1. The number of aromatic nitrogens is 2. The highest BCUT2D eigenvalue weighted by molar-refractivity contribution is 6.06. The van der Waals surface area contributed by atoms with Crippen molar-refractivity contribution in [3.8, 4) is 0 Å². The Bertz CT molecular complexity index is 1190. The zero-order valence-electron chi connectivity index (χ0n) is 15.5. The molecule has 2 heterocycles. The molecule has 2 aromatic heterocycles. The van der Waals surface area contributed by atoms with Gasteiger partial charge in [-0.05, 0) is 37.3 Å². The Labute approximate surface area is 161 Å². The number of pyridine rings is 1. The molecular formula is C22H19N3O3. The number of esters is 1. The van der Waals surface area contributed by atoms with Crippen molar-refractivity contribution in [2.75, 3.05) is 5.32 Å². The van der Waals surface area contributed by atoms with Crippen molar-refractivity contribution in [3.63, 3.8) is 0 Å². The van der Waals surface area contributed by atoms with Gasteiger partial charge in [-0.3, -0.25) is 9.78 Å². The first-order chi connectivity index (χ1) is 13.5. The van der Waals surface area contributed by atoms with E-state index in [4.69, 9.17) is 4.74 Å². The van der Waals surface area contributed by atoms with Crippen molar-refractivity contribution in [2.24, 2.45) is 7.05 Å². The SMILES string of the molecule is CC(OC(=O)c1cn(C)c2ccccc12)C(=O)Nc1cccc2ncccc12. The topological polar surface area (TPSA) is 73.2 Å². The minimum Gasteiger partial charge on any atom is -0.449 e. The Morgan fingerprint density at radius 3 is 2.68 bits per heavy atom. The van der Waals surface area contributed by atoms with Crippen LogP contribution in [0.15, 0.2) is 67.0 Å². The zero-order valence-corrected chi connectivity index (χ0v) is 15.5. The maximum absolute atomic E-state index is 12.6. The highest BCUT2D eigenvalue weighted by Gasteiger charge is 2.22. The molecule has 0 bridgehead atoms. The molecule has 28 heavy (non-hydrogen) atoms. The summed E-state index contributed by atoms with van der Waals surface area (Å²) in [6.45, 7) is 1.56. The third-order valence-corrected chi connectivity index (χ3v) is 4.67. The van der Waals surface area contributed by atoms with Crippen molar-refractivity contribution < 1.29 is 14.3 Å². The largest absolute Gasteiger partial charge is 0.449 e. The van der Waals surface area contributed by atoms with Crippen LogP contribution in [0.5, 0.6) is 0 Å². The lowest BCUT2D eigenvalue weighted by Gasteiger charge is -2.14. The minimum atomic E-state index is -0.946. The lowest BCUT2D eigenvalue weighted by molar-refractivity contribution is -0.123. The molecule has 2 aromatic carbocycles. The van der Waals surface area contributed by atoms with E-state index in [1.165, 1.54) is 0 Å². The van der Waals surface area contributed by atoms with Crippen LogP contribution in [0.25, 0.3) is 21.8 Å². The summed E-state index contributed by atoms with van der Waals surface area (Å²) in [5.74, 6) is -0.927. The molecule has 0 fully saturated rings. The summed E-state index contributed by atoms with van der Waals surface area (Å²) in [6.07, 6.45) is 2.47. The van der Waals surface area contributed by atoms with E-state index in [2.05, 4.69) is 10.3 Å². The lowest BCUT2D eigenvalue weighted by atomic mass is 10.1. The Morgan fingerprint density at radius 2 is 1.82 bits per heavy atom. The third-order valence-electron chi connectivity index (χ3n) is 4.67. The van der Waals surface area contributed by atoms with Crippen molar-refractivity contribution in [3.05, 3.63) is 72.6 Å². The van der Waals surface area contributed by atoms with Gasteiger partial charge in [-0.25, -0.2) is 4.79 Å². The molecule has 0 saturated heterocycles. The number of nitrogens with one attached hydrogen (secondary N) is 1. The van der Waals surface area contributed by atoms with E-state index in [-0.39, 0.29) is 0 Å². The third kappa shape index (κ3) is 3.20. The molecule has 4 rings (SSSR count). The average Bonchev–Trinajstić information content (AvgIpc) is 3.05. The van der Waals surface area contributed by atoms with Gasteiger partial charge in [-0.1, -0.05) is 24.3 Å². The number of aryl methyl sites for hydroxylation is 1. The van der Waals surface area contributed by atoms with Crippen LogP contribution < -0.4 is 5.32 Å². The summed E-state index contributed by atoms with van der Waals surface area (Å²) in [5, 5.41) is 4.44. The molecular weight excluding hydrogens is 354 g/mol. The van der Waals surface area contributed by atoms with Crippen LogP contribution in [0.1, 0.15) is 17.3 Å². The van der Waals surface area contributed by atoms with Gasteiger partial charge >= 0.3 is 5.97 Å². The van der Waals surface area contributed by atoms with Crippen molar-refractivity contribution in [1.29, 1.82) is 0 Å². The number of rotatable bonds is 4. The number of ether oxygens (including phenoxy) is 1. The first-order valence-electron chi connectivity index (χ1n) is 8.94. The van der Waals surface area contributed by atoms with Crippen LogP contribution in [-0.2, 0) is 16.6 Å². The molecule has 1 N–H and O–H groups in total. The number of fused-ring (bicyclic) bond motifs is 2. The minimum absolute atomic E-state index is 0.398. The second kappa shape index (κ2) is 7.15. The second-order valence-corrected chi connectivity index (χ2v) is 6.58. The Hall–Kier alpha value is -3.67. The van der Waals surface area contributed by atoms with E-state index in [1.807, 2.05) is 60.1 Å². The molecule has 0 aliphatic heterocycles. The zero-order chi connectivity index (χ0) is 19.7. The fourth-order valence-corrected chi connectivity index (χ4v) is 3.23. The normalized spacial score (nSPS) is 12.1. The number of benzene rings is 2. The van der Waals surface area contributed by atoms with Crippen LogP contribution in [0.2, 0.25) is 0 Å². The molecule has 0 spiro atoms. The van der Waals surface area contributed by atoms with Gasteiger partial charge in [0.1, 0.15) is 0 Å². The second-order valence-electron chi connectivity index (χ2n) is 6.58. The van der Waals surface area contributed by atoms with Crippen LogP contribution in [0.4, 0.5) is 5.69 Å². The number of para-hydroxylation sites is 1. The van der Waals surface area contributed by atoms with E-state index in [0.717, 1.165) is 21.8 Å². The maximum Gasteiger partial charge on any atom is 0.341 e. The summed E-state index contributed by atoms with van der Waals surface area (Å²) in [5.41, 5.74) is 2.77. The molecule has 0 aliphatic rings. The average molecular weight is 373 g/mol. The number of carbonyl (C=O) groups is 2. The van der Waals surface area contributed by atoms with Gasteiger partial charge in [-0.2, -0.15) is 0 Å². The van der Waals surface area contributed by atoms with Gasteiger partial charge < -0.3 is 14.6 Å². The smallest absolute Gasteiger partial charge is 0.341 e. The Balaban J connectivity index is 1.52. The van der Waals surface area contributed by atoms with Gasteiger partial charge in [0.15, 0.2) is 6.10 Å². The summed E-state index contributed by atoms with van der Waals surface area (Å²) in [7, 11) is 1.86. The number of hydrogen-bond acceptors (Lipinski definition) is 4. The van der Waals surface area contributed by atoms with Crippen molar-refractivity contribution in [2.45, 2.75) is 13.0 Å². The predicted molar refractivity (Wildman–Crippen MR) is 108 cm³/mol. The molecule has 4 aromatic rings. The quantitative estimate of drug-likeness (QED) is 0.551. The van der Waals surface area contributed by atoms with Gasteiger partial charge in [0.25, 0.3) is 5.91 Å². The first-order valence-corrected chi connectivity index (χ1v) is 8.94. The predicted octanol–water partition coefficient (Wildman–Crippen LogP) is 3.91. The highest BCUT2D eigenvalue weighted by Crippen LogP contribution is 2.23. The summed E-state index contributed by atoms with van der Waals surface area (Å²) < 4.78 is 7.28. The standard InChI is InChI=1S/C22H19N3O3/c1-14(21(26)24-19-10-5-9-18-16(19)8-6-12-23-18)28-22(27)17-13-25(2)20-11-4-3-7-15(17)20/h3-14H,1-2H3,(H,24,26). The number of amides is 1. The molecule has 0 radical (unpaired) electrons. The summed E-state index contributed by atoms with van der Waals surface area (Å²) in [6, 6.07) is 16.7. The van der Waals surface area contributed by atoms with E-state index in [1.54, 1.807) is 25.4 Å². The molecule has 1 amide bonds. The Kier molecular flexibility index (Phi) is 4.53. The maximum atomic E-state index is 12.6. The fourth-order valence-electron chi connectivity index (χ4n) is 3.23. The Morgan fingerprint density at radius 1 is 1.04 bits per heavy atom. The fraction of sp³-hybridized carbons (Fsp3) is 0.136. The van der Waals surface area contributed by atoms with Crippen LogP contribution in [0.3, 0.4) is 0 Å². The van der Waals surface area contributed by atoms with Gasteiger partial charge in [0.05, 0.1) is 16.8 Å². The molecule has 6 nitrogen and oxygen atoms in total. The highest BCUT2D eigenvalue weighted by atomic mass is 16.5. The molecule has 1 atom stereocenters. The van der Waals surface area contributed by atoms with Gasteiger partial charge in [0, 0.05) is 35.7 Å². The summed E-state index contributed by atoms with van der Waals surface area (Å²) in [4.78, 5) is 29.5. The number of anilines is 1. The first kappa shape index (κ1) is 17.7. The van der Waals surface area contributed by atoms with E-state index in [9.17, 15) is 9.59 Å². The monoisotopic (exact) mass is 373 g/mol. The molecule has 0 aliphatic carbocycles. The van der Waals surface area contributed by atoms with E-state index in [0.29, 0.717) is 11.3 Å². The van der Waals surface area contributed by atoms with E-state index < -0.39 is 18.0 Å². The van der Waals surface area contributed by atoms with E-state index >= 15 is 0 Å². The van der Waals surface area contributed by atoms with Crippen molar-refractivity contribution >= 4 is 39.4 Å². The molecule has 1 unspecified atom stereocenters. The molecule has 0 saturated carbocycles. The number of nitrogens with zero attached hydrogens (tertiary/aromatic N) is 2. The molecule has 140 valence electrons. The van der Waals surface area contributed by atoms with Crippen LogP contribution in [-0.4, -0.2) is 27.5 Å². The molecule has 6 heteroatoms. The summed E-state index contributed by atoms with van der Waals surface area (Å²) >= 11 is 0. The number of carbonyl (C=O) groups excluding carboxylic acids is 2. The van der Waals surface area contributed by atoms with Crippen LogP contribution in [0, 0.1) is 0 Å².